The molecule has 0 aromatic heterocycles. The first-order chi connectivity index (χ1) is 18.4. The average molecular weight is 511 g/mol. The molecule has 1 N–H and O–H groups in total. The highest BCUT2D eigenvalue weighted by atomic mass is 16.5. The van der Waals surface area contributed by atoms with Gasteiger partial charge in [0.05, 0.1) is 36.5 Å². The van der Waals surface area contributed by atoms with Crippen molar-refractivity contribution in [3.63, 3.8) is 0 Å². The second kappa shape index (κ2) is 11.7. The van der Waals surface area contributed by atoms with Gasteiger partial charge >= 0.3 is 0 Å². The maximum atomic E-state index is 13.4. The van der Waals surface area contributed by atoms with Crippen molar-refractivity contribution in [2.75, 3.05) is 18.1 Å². The smallest absolute Gasteiger partial charge is 0.300 e. The monoisotopic (exact) mass is 510 g/mol. The Hall–Kier alpha value is -4.57. The average Bonchev–Trinajstić information content (AvgIpc) is 3.21. The van der Waals surface area contributed by atoms with E-state index in [1.165, 1.54) is 4.90 Å². The standard InChI is InChI=1S/C31H30N2O5/c1-4-16-37-25-13-8-22(9-14-25)28-27(29(34)23-10-15-26(20(3)18-23)38-17-5-2)30(35)31(36)33(28)24-11-6-21(19-32)7-12-24/h6-15,18,28,34H,4-5,16-17H2,1-3H3/b29-27-. The third kappa shape index (κ3) is 5.25. The number of nitrogens with zero attached hydrogens (tertiary/aromatic N) is 2. The van der Waals surface area contributed by atoms with Crippen molar-refractivity contribution >= 4 is 23.1 Å². The summed E-state index contributed by atoms with van der Waals surface area (Å²) in [6, 6.07) is 19.9. The molecule has 194 valence electrons. The molecule has 1 fully saturated rings. The Kier molecular flexibility index (Phi) is 8.12. The molecule has 0 aliphatic carbocycles. The number of hydrogen-bond donors (Lipinski definition) is 1. The number of rotatable bonds is 9. The highest BCUT2D eigenvalue weighted by molar-refractivity contribution is 6.51. The molecule has 1 heterocycles. The molecule has 0 bridgehead atoms. The lowest BCUT2D eigenvalue weighted by atomic mass is 9.94. The summed E-state index contributed by atoms with van der Waals surface area (Å²) in [6.07, 6.45) is 1.73. The van der Waals surface area contributed by atoms with E-state index in [-0.39, 0.29) is 11.3 Å². The SMILES string of the molecule is CCCOc1ccc(C2/C(=C(/O)c3ccc(OCCC)c(C)c3)C(=O)C(=O)N2c2ccc(C#N)cc2)cc1. The van der Waals surface area contributed by atoms with Crippen LogP contribution in [-0.4, -0.2) is 30.0 Å². The Bertz CT molecular complexity index is 1400. The van der Waals surface area contributed by atoms with Gasteiger partial charge in [0, 0.05) is 11.3 Å². The van der Waals surface area contributed by atoms with E-state index < -0.39 is 17.7 Å². The number of ether oxygens (including phenoxy) is 2. The lowest BCUT2D eigenvalue weighted by Crippen LogP contribution is -2.29. The molecule has 1 aliphatic heterocycles. The van der Waals surface area contributed by atoms with E-state index in [4.69, 9.17) is 9.47 Å². The van der Waals surface area contributed by atoms with Crippen LogP contribution >= 0.6 is 0 Å². The fourth-order valence-electron chi connectivity index (χ4n) is 4.40. The van der Waals surface area contributed by atoms with Crippen LogP contribution in [0, 0.1) is 18.3 Å². The molecule has 38 heavy (non-hydrogen) atoms. The molecule has 3 aromatic carbocycles. The predicted molar refractivity (Wildman–Crippen MR) is 145 cm³/mol. The molecule has 1 amide bonds. The maximum Gasteiger partial charge on any atom is 0.300 e. The molecule has 0 radical (unpaired) electrons. The summed E-state index contributed by atoms with van der Waals surface area (Å²) >= 11 is 0. The number of hydrogen-bond acceptors (Lipinski definition) is 6. The van der Waals surface area contributed by atoms with Crippen molar-refractivity contribution in [2.24, 2.45) is 0 Å². The van der Waals surface area contributed by atoms with E-state index in [0.717, 1.165) is 18.4 Å². The zero-order chi connectivity index (χ0) is 27.2. The molecule has 1 saturated heterocycles. The second-order valence-corrected chi connectivity index (χ2v) is 9.07. The Labute approximate surface area is 222 Å². The predicted octanol–water partition coefficient (Wildman–Crippen LogP) is 6.07. The van der Waals surface area contributed by atoms with Gasteiger partial charge in [-0.05, 0) is 85.5 Å². The molecule has 4 rings (SSSR count). The minimum atomic E-state index is -0.875. The van der Waals surface area contributed by atoms with Crippen LogP contribution in [0.2, 0.25) is 0 Å². The van der Waals surface area contributed by atoms with Crippen LogP contribution in [0.25, 0.3) is 5.76 Å². The summed E-state index contributed by atoms with van der Waals surface area (Å²) in [6.45, 7) is 7.04. The van der Waals surface area contributed by atoms with E-state index in [2.05, 4.69) is 6.07 Å². The molecule has 7 nitrogen and oxygen atoms in total. The van der Waals surface area contributed by atoms with Crippen LogP contribution < -0.4 is 14.4 Å². The van der Waals surface area contributed by atoms with Crippen molar-refractivity contribution < 1.29 is 24.2 Å². The van der Waals surface area contributed by atoms with Gasteiger partial charge in [0.2, 0.25) is 0 Å². The van der Waals surface area contributed by atoms with Gasteiger partial charge in [0.15, 0.2) is 0 Å². The van der Waals surface area contributed by atoms with Gasteiger partial charge in [0.25, 0.3) is 11.7 Å². The molecule has 1 atom stereocenters. The Morgan fingerprint density at radius 1 is 0.947 bits per heavy atom. The van der Waals surface area contributed by atoms with Crippen molar-refractivity contribution in [2.45, 2.75) is 39.7 Å². The number of amides is 1. The summed E-state index contributed by atoms with van der Waals surface area (Å²) in [5.41, 5.74) is 2.72. The zero-order valence-electron chi connectivity index (χ0n) is 21.7. The molecule has 7 heteroatoms. The maximum absolute atomic E-state index is 13.4. The van der Waals surface area contributed by atoms with Gasteiger partial charge in [-0.15, -0.1) is 0 Å². The topological polar surface area (TPSA) is 99.9 Å². The number of nitriles is 1. The van der Waals surface area contributed by atoms with Crippen molar-refractivity contribution in [3.05, 3.63) is 94.6 Å². The largest absolute Gasteiger partial charge is 0.507 e. The lowest BCUT2D eigenvalue weighted by Gasteiger charge is -2.25. The first-order valence-electron chi connectivity index (χ1n) is 12.7. The van der Waals surface area contributed by atoms with E-state index in [1.54, 1.807) is 66.7 Å². The van der Waals surface area contributed by atoms with Crippen LogP contribution in [0.15, 0.2) is 72.3 Å². The second-order valence-electron chi connectivity index (χ2n) is 9.07. The van der Waals surface area contributed by atoms with Gasteiger partial charge < -0.3 is 14.6 Å². The van der Waals surface area contributed by atoms with Crippen LogP contribution in [0.3, 0.4) is 0 Å². The highest BCUT2D eigenvalue weighted by Gasteiger charge is 2.47. The molecule has 0 spiro atoms. The molecule has 1 unspecified atom stereocenters. The van der Waals surface area contributed by atoms with Crippen molar-refractivity contribution in [1.82, 2.24) is 0 Å². The van der Waals surface area contributed by atoms with E-state index in [0.29, 0.717) is 47.1 Å². The quantitative estimate of drug-likeness (QED) is 0.213. The minimum Gasteiger partial charge on any atom is -0.507 e. The number of aryl methyl sites for hydroxylation is 1. The Morgan fingerprint density at radius 2 is 1.61 bits per heavy atom. The molecule has 3 aromatic rings. The van der Waals surface area contributed by atoms with Crippen LogP contribution in [0.4, 0.5) is 5.69 Å². The van der Waals surface area contributed by atoms with E-state index in [1.807, 2.05) is 20.8 Å². The Balaban J connectivity index is 1.83. The highest BCUT2D eigenvalue weighted by Crippen LogP contribution is 2.42. The number of carbonyl (C=O) groups is 2. The van der Waals surface area contributed by atoms with Crippen molar-refractivity contribution in [1.29, 1.82) is 5.26 Å². The molecular weight excluding hydrogens is 480 g/mol. The van der Waals surface area contributed by atoms with Gasteiger partial charge in [-0.2, -0.15) is 5.26 Å². The first kappa shape index (κ1) is 26.5. The summed E-state index contributed by atoms with van der Waals surface area (Å²) < 4.78 is 11.4. The zero-order valence-corrected chi connectivity index (χ0v) is 21.7. The normalized spacial score (nSPS) is 16.4. The third-order valence-electron chi connectivity index (χ3n) is 6.30. The fourth-order valence-corrected chi connectivity index (χ4v) is 4.40. The van der Waals surface area contributed by atoms with E-state index >= 15 is 0 Å². The molecule has 1 aliphatic rings. The molecular formula is C31H30N2O5. The number of ketones is 1. The lowest BCUT2D eigenvalue weighted by molar-refractivity contribution is -0.132. The minimum absolute atomic E-state index is 0.0109. The van der Waals surface area contributed by atoms with Crippen LogP contribution in [0.5, 0.6) is 11.5 Å². The van der Waals surface area contributed by atoms with Gasteiger partial charge in [0.1, 0.15) is 17.3 Å². The van der Waals surface area contributed by atoms with Gasteiger partial charge in [-0.25, -0.2) is 0 Å². The first-order valence-corrected chi connectivity index (χ1v) is 12.7. The summed E-state index contributed by atoms with van der Waals surface area (Å²) in [5.74, 6) is -0.440. The summed E-state index contributed by atoms with van der Waals surface area (Å²) in [4.78, 5) is 28.1. The number of Topliss-reactive ketones (excluding diaryl/α,β-unsaturated/α-hetero) is 1. The van der Waals surface area contributed by atoms with Gasteiger partial charge in [-0.1, -0.05) is 26.0 Å². The van der Waals surface area contributed by atoms with Crippen LogP contribution in [-0.2, 0) is 9.59 Å². The number of aliphatic hydroxyl groups excluding tert-OH is 1. The third-order valence-corrected chi connectivity index (χ3v) is 6.30. The van der Waals surface area contributed by atoms with E-state index in [9.17, 15) is 20.0 Å². The van der Waals surface area contributed by atoms with Gasteiger partial charge in [-0.3, -0.25) is 14.5 Å². The number of anilines is 1. The summed E-state index contributed by atoms with van der Waals surface area (Å²) in [5, 5.41) is 20.6. The Morgan fingerprint density at radius 3 is 2.21 bits per heavy atom. The van der Waals surface area contributed by atoms with Crippen LogP contribution in [0.1, 0.15) is 55.0 Å². The molecule has 0 saturated carbocycles. The fraction of sp³-hybridized carbons (Fsp3) is 0.258. The number of carbonyl (C=O) groups excluding carboxylic acids is 2. The van der Waals surface area contributed by atoms with Crippen molar-refractivity contribution in [3.8, 4) is 17.6 Å². The number of benzene rings is 3. The summed E-state index contributed by atoms with van der Waals surface area (Å²) in [7, 11) is 0. The number of aliphatic hydroxyl groups is 1.